The Hall–Kier alpha value is -0.570. The summed E-state index contributed by atoms with van der Waals surface area (Å²) in [5.41, 5.74) is 0.102. The summed E-state index contributed by atoms with van der Waals surface area (Å²) in [4.78, 5) is 14.2. The quantitative estimate of drug-likeness (QED) is 0.842. The second-order valence-electron chi connectivity index (χ2n) is 7.42. The van der Waals surface area contributed by atoms with Crippen LogP contribution in [0.25, 0.3) is 0 Å². The van der Waals surface area contributed by atoms with Crippen LogP contribution in [0.1, 0.15) is 66.7 Å². The van der Waals surface area contributed by atoms with Gasteiger partial charge in [-0.1, -0.05) is 20.8 Å². The molecule has 18 heavy (non-hydrogen) atoms. The van der Waals surface area contributed by atoms with Gasteiger partial charge in [0.15, 0.2) is 0 Å². The second-order valence-corrected chi connectivity index (χ2v) is 7.42. The van der Waals surface area contributed by atoms with E-state index < -0.39 is 0 Å². The van der Waals surface area contributed by atoms with E-state index in [0.717, 1.165) is 12.8 Å². The van der Waals surface area contributed by atoms with Crippen molar-refractivity contribution in [3.05, 3.63) is 0 Å². The number of aliphatic hydroxyl groups is 1. The third kappa shape index (κ3) is 4.60. The molecule has 1 rings (SSSR count). The van der Waals surface area contributed by atoms with Gasteiger partial charge in [0.2, 0.25) is 5.91 Å². The summed E-state index contributed by atoms with van der Waals surface area (Å²) in [7, 11) is 0. The van der Waals surface area contributed by atoms with Crippen molar-refractivity contribution >= 4 is 5.91 Å². The summed E-state index contributed by atoms with van der Waals surface area (Å²) in [5, 5.41) is 9.69. The third-order valence-electron chi connectivity index (χ3n) is 3.77. The summed E-state index contributed by atoms with van der Waals surface area (Å²) in [5.74, 6) is 0.246. The van der Waals surface area contributed by atoms with Gasteiger partial charge in [-0.3, -0.25) is 4.79 Å². The molecule has 106 valence electrons. The Morgan fingerprint density at radius 2 is 2.00 bits per heavy atom. The molecule has 0 aromatic heterocycles. The fraction of sp³-hybridized carbons (Fsp3) is 0.933. The van der Waals surface area contributed by atoms with Crippen molar-refractivity contribution in [3.8, 4) is 0 Å². The van der Waals surface area contributed by atoms with Crippen LogP contribution in [0.2, 0.25) is 0 Å². The van der Waals surface area contributed by atoms with Crippen LogP contribution in [-0.4, -0.2) is 34.1 Å². The Morgan fingerprint density at radius 3 is 2.50 bits per heavy atom. The van der Waals surface area contributed by atoms with Gasteiger partial charge in [-0.2, -0.15) is 0 Å². The molecule has 1 unspecified atom stereocenters. The second kappa shape index (κ2) is 5.60. The van der Waals surface area contributed by atoms with Crippen molar-refractivity contribution in [2.45, 2.75) is 78.4 Å². The Bertz CT molecular complexity index is 291. The summed E-state index contributed by atoms with van der Waals surface area (Å²) in [6.45, 7) is 11.4. The molecule has 0 radical (unpaired) electrons. The lowest BCUT2D eigenvalue weighted by Gasteiger charge is -2.44. The van der Waals surface area contributed by atoms with Gasteiger partial charge in [0.05, 0.1) is 6.10 Å². The third-order valence-corrected chi connectivity index (χ3v) is 3.77. The molecule has 1 amide bonds. The molecule has 1 aliphatic heterocycles. The predicted molar refractivity (Wildman–Crippen MR) is 74.3 cm³/mol. The van der Waals surface area contributed by atoms with Crippen LogP contribution >= 0.6 is 0 Å². The fourth-order valence-electron chi connectivity index (χ4n) is 2.74. The molecule has 1 heterocycles. The highest BCUT2D eigenvalue weighted by Crippen LogP contribution is 2.29. The number of piperidine rings is 1. The maximum absolute atomic E-state index is 12.3. The van der Waals surface area contributed by atoms with Gasteiger partial charge in [-0.25, -0.2) is 0 Å². The van der Waals surface area contributed by atoms with Crippen LogP contribution in [0.5, 0.6) is 0 Å². The van der Waals surface area contributed by atoms with Gasteiger partial charge in [0.25, 0.3) is 0 Å². The molecular formula is C15H29NO2. The molecule has 1 atom stereocenters. The zero-order valence-electron chi connectivity index (χ0n) is 12.6. The highest BCUT2D eigenvalue weighted by molar-refractivity contribution is 5.77. The van der Waals surface area contributed by atoms with Crippen molar-refractivity contribution in [1.29, 1.82) is 0 Å². The van der Waals surface area contributed by atoms with Gasteiger partial charge in [0.1, 0.15) is 0 Å². The minimum Gasteiger partial charge on any atom is -0.393 e. The summed E-state index contributed by atoms with van der Waals surface area (Å²) >= 11 is 0. The Morgan fingerprint density at radius 1 is 1.39 bits per heavy atom. The van der Waals surface area contributed by atoms with Crippen LogP contribution < -0.4 is 0 Å². The fourth-order valence-corrected chi connectivity index (χ4v) is 2.74. The zero-order valence-corrected chi connectivity index (χ0v) is 12.6. The van der Waals surface area contributed by atoms with Crippen molar-refractivity contribution in [1.82, 2.24) is 4.90 Å². The average molecular weight is 255 g/mol. The standard InChI is InChI=1S/C15H29NO2/c1-14(2,3)9-6-7-13(18)16-10-8-12(17)11-15(16,4)5/h12,17H,6-11H2,1-5H3. The van der Waals surface area contributed by atoms with E-state index in [2.05, 4.69) is 34.6 Å². The van der Waals surface area contributed by atoms with Crippen molar-refractivity contribution < 1.29 is 9.90 Å². The van der Waals surface area contributed by atoms with E-state index in [9.17, 15) is 9.90 Å². The first-order valence-corrected chi connectivity index (χ1v) is 7.10. The van der Waals surface area contributed by atoms with Crippen LogP contribution in [0.4, 0.5) is 0 Å². The van der Waals surface area contributed by atoms with E-state index in [-0.39, 0.29) is 17.6 Å². The minimum atomic E-state index is -0.251. The predicted octanol–water partition coefficient (Wildman–Crippen LogP) is 2.96. The van der Waals surface area contributed by atoms with E-state index in [1.54, 1.807) is 0 Å². The molecule has 0 saturated carbocycles. The lowest BCUT2D eigenvalue weighted by atomic mass is 9.87. The summed E-state index contributed by atoms with van der Waals surface area (Å²) in [6, 6.07) is 0. The molecule has 1 saturated heterocycles. The molecule has 0 aromatic carbocycles. The number of hydrogen-bond donors (Lipinski definition) is 1. The summed E-state index contributed by atoms with van der Waals surface area (Å²) < 4.78 is 0. The molecule has 3 nitrogen and oxygen atoms in total. The first kappa shape index (κ1) is 15.5. The zero-order chi connectivity index (χ0) is 14.0. The Balaban J connectivity index is 2.46. The number of aliphatic hydroxyl groups excluding tert-OH is 1. The lowest BCUT2D eigenvalue weighted by Crippen LogP contribution is -2.54. The van der Waals surface area contributed by atoms with Crippen molar-refractivity contribution in [2.75, 3.05) is 6.54 Å². The van der Waals surface area contributed by atoms with Crippen LogP contribution in [0, 0.1) is 5.41 Å². The van der Waals surface area contributed by atoms with E-state index in [0.29, 0.717) is 31.2 Å². The maximum Gasteiger partial charge on any atom is 0.223 e. The largest absolute Gasteiger partial charge is 0.393 e. The molecule has 1 fully saturated rings. The molecule has 1 N–H and O–H groups in total. The molecule has 0 bridgehead atoms. The molecule has 0 spiro atoms. The summed E-state index contributed by atoms with van der Waals surface area (Å²) in [6.07, 6.45) is 3.83. The molecular weight excluding hydrogens is 226 g/mol. The van der Waals surface area contributed by atoms with Gasteiger partial charge >= 0.3 is 0 Å². The smallest absolute Gasteiger partial charge is 0.223 e. The van der Waals surface area contributed by atoms with E-state index in [4.69, 9.17) is 0 Å². The van der Waals surface area contributed by atoms with E-state index in [1.165, 1.54) is 0 Å². The van der Waals surface area contributed by atoms with Gasteiger partial charge in [-0.15, -0.1) is 0 Å². The number of hydrogen-bond acceptors (Lipinski definition) is 2. The van der Waals surface area contributed by atoms with Crippen LogP contribution in [0.3, 0.4) is 0 Å². The maximum atomic E-state index is 12.3. The van der Waals surface area contributed by atoms with Gasteiger partial charge in [-0.05, 0) is 44.9 Å². The molecule has 3 heteroatoms. The highest BCUT2D eigenvalue weighted by atomic mass is 16.3. The molecule has 1 aliphatic rings. The number of carbonyl (C=O) groups excluding carboxylic acids is 1. The van der Waals surface area contributed by atoms with E-state index in [1.807, 2.05) is 4.90 Å². The van der Waals surface area contributed by atoms with Crippen LogP contribution in [-0.2, 0) is 4.79 Å². The number of rotatable bonds is 3. The van der Waals surface area contributed by atoms with Crippen molar-refractivity contribution in [2.24, 2.45) is 5.41 Å². The average Bonchev–Trinajstić information content (AvgIpc) is 2.13. The van der Waals surface area contributed by atoms with Gasteiger partial charge in [0, 0.05) is 18.5 Å². The number of amides is 1. The topological polar surface area (TPSA) is 40.5 Å². The minimum absolute atomic E-state index is 0.198. The number of carbonyl (C=O) groups is 1. The monoisotopic (exact) mass is 255 g/mol. The van der Waals surface area contributed by atoms with Crippen molar-refractivity contribution in [3.63, 3.8) is 0 Å². The normalized spacial score (nSPS) is 24.1. The SMILES string of the molecule is CC(C)(C)CCCC(=O)N1CCC(O)CC1(C)C. The van der Waals surface area contributed by atoms with E-state index >= 15 is 0 Å². The number of nitrogens with zero attached hydrogens (tertiary/aromatic N) is 1. The first-order chi connectivity index (χ1) is 8.12. The highest BCUT2D eigenvalue weighted by Gasteiger charge is 2.36. The van der Waals surface area contributed by atoms with Gasteiger partial charge < -0.3 is 10.0 Å². The molecule has 0 aliphatic carbocycles. The molecule has 0 aromatic rings. The Kier molecular flexibility index (Phi) is 4.82. The Labute approximate surface area is 112 Å². The first-order valence-electron chi connectivity index (χ1n) is 7.10. The van der Waals surface area contributed by atoms with Crippen LogP contribution in [0.15, 0.2) is 0 Å². The number of likely N-dealkylation sites (tertiary alicyclic amines) is 1. The lowest BCUT2D eigenvalue weighted by molar-refractivity contribution is -0.141.